The molecule has 0 aliphatic heterocycles. The normalized spacial score (nSPS) is 11.5. The Morgan fingerprint density at radius 1 is 1.40 bits per heavy atom. The van der Waals surface area contributed by atoms with E-state index in [4.69, 9.17) is 22.4 Å². The Labute approximate surface area is 88.2 Å². The monoisotopic (exact) mass is 241 g/mol. The second kappa shape index (κ2) is 4.16. The highest BCUT2D eigenvalue weighted by molar-refractivity contribution is 6.31. The molecular weight excluding hydrogens is 235 g/mol. The third kappa shape index (κ3) is 3.17. The summed E-state index contributed by atoms with van der Waals surface area (Å²) in [5.41, 5.74) is 5.14. The molecule has 1 rings (SSSR count). The van der Waals surface area contributed by atoms with Gasteiger partial charge in [-0.1, -0.05) is 11.6 Å². The number of aliphatic hydroxyl groups is 1. The average molecular weight is 242 g/mol. The van der Waals surface area contributed by atoms with E-state index >= 15 is 0 Å². The van der Waals surface area contributed by atoms with Crippen LogP contribution in [-0.4, -0.2) is 11.5 Å². The minimum Gasteiger partial charge on any atom is -0.404 e. The Hall–Kier alpha value is -1.14. The van der Waals surface area contributed by atoms with Gasteiger partial charge in [0.2, 0.25) is 0 Å². The van der Waals surface area contributed by atoms with Crippen LogP contribution in [-0.2, 0) is 6.61 Å². The van der Waals surface area contributed by atoms with Crippen molar-refractivity contribution >= 4 is 17.3 Å². The van der Waals surface area contributed by atoms with Gasteiger partial charge in [-0.2, -0.15) is 0 Å². The van der Waals surface area contributed by atoms with Gasteiger partial charge in [0.15, 0.2) is 5.75 Å². The zero-order chi connectivity index (χ0) is 11.6. The van der Waals surface area contributed by atoms with Crippen molar-refractivity contribution in [2.45, 2.75) is 13.0 Å². The smallest absolute Gasteiger partial charge is 0.404 e. The summed E-state index contributed by atoms with van der Waals surface area (Å²) in [5, 5.41) is 8.86. The number of benzene rings is 1. The number of aliphatic hydroxyl groups excluding tert-OH is 1. The Bertz CT molecular complexity index is 368. The summed E-state index contributed by atoms with van der Waals surface area (Å²) in [6.45, 7) is -0.493. The van der Waals surface area contributed by atoms with E-state index in [1.54, 1.807) is 0 Å². The SMILES string of the molecule is Nc1cc(Cl)c(CO)cc1OC(F)(F)F. The van der Waals surface area contributed by atoms with Gasteiger partial charge in [-0.15, -0.1) is 13.2 Å². The van der Waals surface area contributed by atoms with Crippen molar-refractivity contribution in [2.24, 2.45) is 0 Å². The number of anilines is 1. The predicted octanol–water partition coefficient (Wildman–Crippen LogP) is 2.31. The number of alkyl halides is 3. The van der Waals surface area contributed by atoms with E-state index in [9.17, 15) is 13.2 Å². The van der Waals surface area contributed by atoms with Crippen LogP contribution in [0.5, 0.6) is 5.75 Å². The van der Waals surface area contributed by atoms with Gasteiger partial charge in [-0.05, 0) is 17.7 Å². The molecule has 3 nitrogen and oxygen atoms in total. The summed E-state index contributed by atoms with van der Waals surface area (Å²) in [6, 6.07) is 2.04. The Balaban J connectivity index is 3.08. The number of hydrogen-bond acceptors (Lipinski definition) is 3. The average Bonchev–Trinajstić information content (AvgIpc) is 2.07. The van der Waals surface area contributed by atoms with Gasteiger partial charge in [-0.25, -0.2) is 0 Å². The molecule has 1 aromatic rings. The van der Waals surface area contributed by atoms with E-state index in [0.29, 0.717) is 0 Å². The minimum atomic E-state index is -4.82. The van der Waals surface area contributed by atoms with E-state index in [1.807, 2.05) is 0 Å². The standard InChI is InChI=1S/C8H7ClF3NO2/c9-5-2-6(13)7(1-4(5)3-14)15-8(10,11)12/h1-2,14H,3,13H2. The van der Waals surface area contributed by atoms with Crippen LogP contribution in [0, 0.1) is 0 Å². The molecule has 0 unspecified atom stereocenters. The molecule has 0 bridgehead atoms. The first kappa shape index (κ1) is 11.9. The maximum atomic E-state index is 11.9. The first-order valence-corrected chi connectivity index (χ1v) is 4.16. The molecule has 0 aliphatic rings. The summed E-state index contributed by atoms with van der Waals surface area (Å²) in [7, 11) is 0. The first-order valence-electron chi connectivity index (χ1n) is 3.78. The van der Waals surface area contributed by atoms with Gasteiger partial charge >= 0.3 is 6.36 Å². The molecule has 0 amide bonds. The molecule has 0 saturated carbocycles. The van der Waals surface area contributed by atoms with Crippen LogP contribution in [0.25, 0.3) is 0 Å². The Morgan fingerprint density at radius 2 is 2.00 bits per heavy atom. The molecule has 0 saturated heterocycles. The van der Waals surface area contributed by atoms with Gasteiger partial charge in [0, 0.05) is 5.02 Å². The fraction of sp³-hybridized carbons (Fsp3) is 0.250. The van der Waals surface area contributed by atoms with Gasteiger partial charge < -0.3 is 15.6 Å². The summed E-state index contributed by atoms with van der Waals surface area (Å²) >= 11 is 5.60. The molecule has 0 radical (unpaired) electrons. The van der Waals surface area contributed by atoms with Crippen molar-refractivity contribution in [3.8, 4) is 5.75 Å². The highest BCUT2D eigenvalue weighted by Gasteiger charge is 2.32. The quantitative estimate of drug-likeness (QED) is 0.782. The first-order chi connectivity index (χ1) is 6.83. The van der Waals surface area contributed by atoms with Crippen LogP contribution in [0.15, 0.2) is 12.1 Å². The summed E-state index contributed by atoms with van der Waals surface area (Å²) in [6.07, 6.45) is -4.82. The third-order valence-corrected chi connectivity index (χ3v) is 1.93. The number of halogens is 4. The molecule has 3 N–H and O–H groups in total. The number of rotatable bonds is 2. The van der Waals surface area contributed by atoms with E-state index in [1.165, 1.54) is 0 Å². The molecule has 0 aliphatic carbocycles. The molecule has 0 heterocycles. The maximum absolute atomic E-state index is 11.9. The van der Waals surface area contributed by atoms with Crippen molar-refractivity contribution in [3.05, 3.63) is 22.7 Å². The number of ether oxygens (including phenoxy) is 1. The van der Waals surface area contributed by atoms with Crippen molar-refractivity contribution in [1.29, 1.82) is 0 Å². The molecule has 1 aromatic carbocycles. The molecule has 0 atom stereocenters. The zero-order valence-corrected chi connectivity index (χ0v) is 8.06. The Morgan fingerprint density at radius 3 is 2.47 bits per heavy atom. The van der Waals surface area contributed by atoms with E-state index in [2.05, 4.69) is 4.74 Å². The highest BCUT2D eigenvalue weighted by Crippen LogP contribution is 2.32. The van der Waals surface area contributed by atoms with E-state index in [0.717, 1.165) is 12.1 Å². The second-order valence-corrected chi connectivity index (χ2v) is 3.09. The number of hydrogen-bond donors (Lipinski definition) is 2. The number of nitrogen functional groups attached to an aromatic ring is 1. The molecule has 0 spiro atoms. The molecule has 0 aromatic heterocycles. The van der Waals surface area contributed by atoms with Crippen molar-refractivity contribution in [1.82, 2.24) is 0 Å². The maximum Gasteiger partial charge on any atom is 0.573 e. The number of nitrogens with two attached hydrogens (primary N) is 1. The highest BCUT2D eigenvalue weighted by atomic mass is 35.5. The third-order valence-electron chi connectivity index (χ3n) is 1.57. The molecule has 0 fully saturated rings. The van der Waals surface area contributed by atoms with Crippen LogP contribution in [0.2, 0.25) is 5.02 Å². The largest absolute Gasteiger partial charge is 0.573 e. The molecular formula is C8H7ClF3NO2. The lowest BCUT2D eigenvalue weighted by Gasteiger charge is -2.12. The predicted molar refractivity (Wildman–Crippen MR) is 48.5 cm³/mol. The molecule has 7 heteroatoms. The van der Waals surface area contributed by atoms with Gasteiger partial charge in [0.1, 0.15) is 0 Å². The van der Waals surface area contributed by atoms with Crippen molar-refractivity contribution in [2.75, 3.05) is 5.73 Å². The van der Waals surface area contributed by atoms with Crippen LogP contribution >= 0.6 is 11.6 Å². The van der Waals surface area contributed by atoms with Gasteiger partial charge in [-0.3, -0.25) is 0 Å². The van der Waals surface area contributed by atoms with Crippen LogP contribution in [0.4, 0.5) is 18.9 Å². The van der Waals surface area contributed by atoms with Gasteiger partial charge in [0.25, 0.3) is 0 Å². The van der Waals surface area contributed by atoms with Crippen molar-refractivity contribution < 1.29 is 23.0 Å². The second-order valence-electron chi connectivity index (χ2n) is 2.69. The zero-order valence-electron chi connectivity index (χ0n) is 7.31. The minimum absolute atomic E-state index is 0.0875. The van der Waals surface area contributed by atoms with Crippen LogP contribution in [0.3, 0.4) is 0 Å². The lowest BCUT2D eigenvalue weighted by Crippen LogP contribution is -2.18. The van der Waals surface area contributed by atoms with Crippen molar-refractivity contribution in [3.63, 3.8) is 0 Å². The fourth-order valence-electron chi connectivity index (χ4n) is 0.945. The lowest BCUT2D eigenvalue weighted by atomic mass is 10.2. The summed E-state index contributed by atoms with van der Waals surface area (Å²) in [4.78, 5) is 0. The van der Waals surface area contributed by atoms with E-state index < -0.39 is 18.7 Å². The lowest BCUT2D eigenvalue weighted by molar-refractivity contribution is -0.274. The topological polar surface area (TPSA) is 55.5 Å². The van der Waals surface area contributed by atoms with Crippen LogP contribution in [0.1, 0.15) is 5.56 Å². The van der Waals surface area contributed by atoms with Crippen LogP contribution < -0.4 is 10.5 Å². The van der Waals surface area contributed by atoms with Gasteiger partial charge in [0.05, 0.1) is 12.3 Å². The molecule has 15 heavy (non-hydrogen) atoms. The summed E-state index contributed by atoms with van der Waals surface area (Å²) < 4.78 is 39.3. The molecule has 84 valence electrons. The fourth-order valence-corrected chi connectivity index (χ4v) is 1.18. The summed E-state index contributed by atoms with van der Waals surface area (Å²) in [5.74, 6) is -0.573. The Kier molecular flexibility index (Phi) is 3.31. The van der Waals surface area contributed by atoms with E-state index in [-0.39, 0.29) is 16.3 Å².